The van der Waals surface area contributed by atoms with E-state index in [1.54, 1.807) is 72.8 Å². The van der Waals surface area contributed by atoms with E-state index in [2.05, 4.69) is 16.0 Å². The molecular formula is C37H28Cl3N3O3S. The molecular weight excluding hydrogens is 673 g/mol. The molecule has 0 bridgehead atoms. The topological polar surface area (TPSA) is 87.3 Å². The molecule has 6 nitrogen and oxygen atoms in total. The fourth-order valence-electron chi connectivity index (χ4n) is 4.52. The van der Waals surface area contributed by atoms with E-state index in [0.29, 0.717) is 32.5 Å². The molecule has 0 aromatic heterocycles. The highest BCUT2D eigenvalue weighted by Crippen LogP contribution is 2.37. The van der Waals surface area contributed by atoms with E-state index in [-0.39, 0.29) is 16.6 Å². The van der Waals surface area contributed by atoms with Gasteiger partial charge in [0.15, 0.2) is 0 Å². The molecule has 10 heteroatoms. The first-order chi connectivity index (χ1) is 22.7. The van der Waals surface area contributed by atoms with Crippen molar-refractivity contribution in [1.29, 1.82) is 0 Å². The van der Waals surface area contributed by atoms with Crippen LogP contribution < -0.4 is 16.0 Å². The van der Waals surface area contributed by atoms with Gasteiger partial charge >= 0.3 is 0 Å². The lowest BCUT2D eigenvalue weighted by atomic mass is 10.1. The maximum absolute atomic E-state index is 13.6. The first-order valence-corrected chi connectivity index (χ1v) is 16.4. The minimum absolute atomic E-state index is 0.0291. The van der Waals surface area contributed by atoms with E-state index in [1.807, 2.05) is 55.5 Å². The maximum atomic E-state index is 13.6. The number of rotatable bonds is 10. The molecule has 0 aliphatic heterocycles. The van der Waals surface area contributed by atoms with Crippen LogP contribution in [0.1, 0.15) is 32.3 Å². The van der Waals surface area contributed by atoms with Crippen molar-refractivity contribution in [3.63, 3.8) is 0 Å². The van der Waals surface area contributed by atoms with Gasteiger partial charge in [0.2, 0.25) is 5.91 Å². The van der Waals surface area contributed by atoms with Crippen LogP contribution >= 0.6 is 46.6 Å². The largest absolute Gasteiger partial charge is 0.325 e. The average molecular weight is 701 g/mol. The molecule has 236 valence electrons. The summed E-state index contributed by atoms with van der Waals surface area (Å²) in [6.07, 6.45) is 1.47. The number of benzene rings is 5. The van der Waals surface area contributed by atoms with Crippen LogP contribution in [0.4, 0.5) is 11.4 Å². The Kier molecular flexibility index (Phi) is 11.4. The summed E-state index contributed by atoms with van der Waals surface area (Å²) in [7, 11) is 0. The number of anilines is 2. The highest BCUT2D eigenvalue weighted by Gasteiger charge is 2.23. The van der Waals surface area contributed by atoms with Gasteiger partial charge in [0.1, 0.15) is 10.9 Å². The minimum atomic E-state index is -0.569. The van der Waals surface area contributed by atoms with Gasteiger partial charge in [-0.25, -0.2) is 0 Å². The molecule has 0 aliphatic rings. The second-order valence-electron chi connectivity index (χ2n) is 10.3. The Morgan fingerprint density at radius 3 is 2.04 bits per heavy atom. The monoisotopic (exact) mass is 699 g/mol. The zero-order valence-corrected chi connectivity index (χ0v) is 28.1. The number of halogens is 3. The Hall–Kier alpha value is -4.53. The fraction of sp³-hybridized carbons (Fsp3) is 0.0541. The minimum Gasteiger partial charge on any atom is -0.325 e. The van der Waals surface area contributed by atoms with Crippen LogP contribution in [0.25, 0.3) is 6.08 Å². The van der Waals surface area contributed by atoms with Crippen LogP contribution in [0.2, 0.25) is 15.1 Å². The van der Waals surface area contributed by atoms with Crippen molar-refractivity contribution >= 4 is 81.7 Å². The Bertz CT molecular complexity index is 1940. The number of nitrogens with one attached hydrogen (secondary N) is 3. The predicted molar refractivity (Wildman–Crippen MR) is 193 cm³/mol. The first kappa shape index (κ1) is 33.8. The van der Waals surface area contributed by atoms with Crippen LogP contribution in [-0.2, 0) is 9.59 Å². The zero-order chi connectivity index (χ0) is 33.3. The molecule has 0 saturated carbocycles. The summed E-state index contributed by atoms with van der Waals surface area (Å²) in [5.41, 5.74) is 3.55. The molecule has 1 unspecified atom stereocenters. The van der Waals surface area contributed by atoms with Crippen LogP contribution in [0.5, 0.6) is 0 Å². The quantitative estimate of drug-likeness (QED) is 0.100. The average Bonchev–Trinajstić information content (AvgIpc) is 3.08. The van der Waals surface area contributed by atoms with Gasteiger partial charge in [-0.1, -0.05) is 102 Å². The molecule has 1 atom stereocenters. The van der Waals surface area contributed by atoms with Crippen molar-refractivity contribution in [3.8, 4) is 0 Å². The lowest BCUT2D eigenvalue weighted by Gasteiger charge is -2.18. The zero-order valence-electron chi connectivity index (χ0n) is 25.0. The molecule has 5 aromatic carbocycles. The summed E-state index contributed by atoms with van der Waals surface area (Å²) in [5, 5.41) is 9.10. The Balaban J connectivity index is 1.35. The SMILES string of the molecule is Cc1c(Cl)cccc1NC(=O)C(Sc1ccc(NC(=O)/C(=C/c2cccc(Cl)c2Cl)NC(=O)c2ccccc2)cc1)c1ccccc1. The van der Waals surface area contributed by atoms with Gasteiger partial charge in [-0.2, -0.15) is 0 Å². The third-order valence-electron chi connectivity index (χ3n) is 7.04. The van der Waals surface area contributed by atoms with E-state index < -0.39 is 17.1 Å². The highest BCUT2D eigenvalue weighted by atomic mass is 35.5. The van der Waals surface area contributed by atoms with Gasteiger partial charge in [0, 0.05) is 26.9 Å². The molecule has 5 aromatic rings. The molecule has 0 heterocycles. The third-order valence-corrected chi connectivity index (χ3v) is 9.55. The van der Waals surface area contributed by atoms with Crippen LogP contribution in [0.15, 0.2) is 132 Å². The second kappa shape index (κ2) is 15.8. The van der Waals surface area contributed by atoms with Gasteiger partial charge in [-0.15, -0.1) is 11.8 Å². The van der Waals surface area contributed by atoms with Gasteiger partial charge in [0.05, 0.1) is 10.0 Å². The van der Waals surface area contributed by atoms with E-state index in [1.165, 1.54) is 17.8 Å². The van der Waals surface area contributed by atoms with Crippen LogP contribution in [0.3, 0.4) is 0 Å². The van der Waals surface area contributed by atoms with E-state index in [0.717, 1.165) is 16.0 Å². The van der Waals surface area contributed by atoms with Crippen molar-refractivity contribution in [1.82, 2.24) is 5.32 Å². The molecule has 3 amide bonds. The van der Waals surface area contributed by atoms with Gasteiger partial charge in [-0.05, 0) is 84.3 Å². The third kappa shape index (κ3) is 8.84. The number of amides is 3. The first-order valence-electron chi connectivity index (χ1n) is 14.4. The number of thioether (sulfide) groups is 1. The lowest BCUT2D eigenvalue weighted by Crippen LogP contribution is -2.30. The van der Waals surface area contributed by atoms with Crippen molar-refractivity contribution in [3.05, 3.63) is 164 Å². The van der Waals surface area contributed by atoms with Crippen molar-refractivity contribution in [2.24, 2.45) is 0 Å². The molecule has 3 N–H and O–H groups in total. The summed E-state index contributed by atoms with van der Waals surface area (Å²) in [4.78, 5) is 40.9. The standard InChI is InChI=1S/C37H28Cl3N3O3S/c1-23-29(38)15-9-17-31(23)42-37(46)34(24-10-4-2-5-11-24)47-28-20-18-27(19-21-28)41-36(45)32(22-26-14-8-16-30(39)33(26)40)43-35(44)25-12-6-3-7-13-25/h2-22,34H,1H3,(H,41,45)(H,42,46)(H,43,44)/b32-22-. The second-order valence-corrected chi connectivity index (χ2v) is 12.7. The molecule has 5 rings (SSSR count). The Labute approximate surface area is 292 Å². The lowest BCUT2D eigenvalue weighted by molar-refractivity contribution is -0.116. The highest BCUT2D eigenvalue weighted by molar-refractivity contribution is 8.00. The number of carbonyl (C=O) groups is 3. The predicted octanol–water partition coefficient (Wildman–Crippen LogP) is 9.84. The summed E-state index contributed by atoms with van der Waals surface area (Å²) < 4.78 is 0. The maximum Gasteiger partial charge on any atom is 0.272 e. The van der Waals surface area contributed by atoms with Gasteiger partial charge < -0.3 is 16.0 Å². The summed E-state index contributed by atoms with van der Waals surface area (Å²) in [6, 6.07) is 35.5. The number of hydrogen-bond acceptors (Lipinski definition) is 4. The summed E-state index contributed by atoms with van der Waals surface area (Å²) >= 11 is 20.2. The van der Waals surface area contributed by atoms with Gasteiger partial charge in [0.25, 0.3) is 11.8 Å². The van der Waals surface area contributed by atoms with E-state index in [9.17, 15) is 14.4 Å². The van der Waals surface area contributed by atoms with Crippen LogP contribution in [0, 0.1) is 6.92 Å². The smallest absolute Gasteiger partial charge is 0.272 e. The van der Waals surface area contributed by atoms with E-state index in [4.69, 9.17) is 34.8 Å². The summed E-state index contributed by atoms with van der Waals surface area (Å²) in [5.74, 6) is -1.23. The van der Waals surface area contributed by atoms with Crippen molar-refractivity contribution in [2.75, 3.05) is 10.6 Å². The van der Waals surface area contributed by atoms with Crippen molar-refractivity contribution in [2.45, 2.75) is 17.1 Å². The summed E-state index contributed by atoms with van der Waals surface area (Å²) in [6.45, 7) is 1.85. The molecule has 0 fully saturated rings. The Morgan fingerprint density at radius 1 is 0.702 bits per heavy atom. The molecule has 0 radical (unpaired) electrons. The van der Waals surface area contributed by atoms with Crippen molar-refractivity contribution < 1.29 is 14.4 Å². The number of carbonyl (C=O) groups excluding carboxylic acids is 3. The van der Waals surface area contributed by atoms with Crippen LogP contribution in [-0.4, -0.2) is 17.7 Å². The fourth-order valence-corrected chi connectivity index (χ4v) is 6.08. The van der Waals surface area contributed by atoms with E-state index >= 15 is 0 Å². The molecule has 0 aliphatic carbocycles. The molecule has 0 spiro atoms. The normalized spacial score (nSPS) is 11.8. The van der Waals surface area contributed by atoms with Gasteiger partial charge in [-0.3, -0.25) is 14.4 Å². The Morgan fingerprint density at radius 2 is 1.34 bits per heavy atom. The number of hydrogen-bond donors (Lipinski definition) is 3. The molecule has 0 saturated heterocycles. The molecule has 47 heavy (non-hydrogen) atoms.